The van der Waals surface area contributed by atoms with Gasteiger partial charge in [0.2, 0.25) is 5.91 Å². The van der Waals surface area contributed by atoms with Gasteiger partial charge in [0, 0.05) is 25.2 Å². The van der Waals surface area contributed by atoms with Crippen molar-refractivity contribution in [3.63, 3.8) is 0 Å². The zero-order valence-corrected chi connectivity index (χ0v) is 17.2. The molecule has 0 atom stereocenters. The van der Waals surface area contributed by atoms with Crippen molar-refractivity contribution in [1.82, 2.24) is 14.5 Å². The fourth-order valence-electron chi connectivity index (χ4n) is 7.69. The van der Waals surface area contributed by atoms with Crippen molar-refractivity contribution in [2.24, 2.45) is 23.2 Å². The number of fused-ring (bicyclic) bond motifs is 1. The van der Waals surface area contributed by atoms with Crippen LogP contribution in [0.3, 0.4) is 0 Å². The van der Waals surface area contributed by atoms with E-state index in [0.29, 0.717) is 11.9 Å². The molecule has 0 spiro atoms. The monoisotopic (exact) mass is 395 g/mol. The fourth-order valence-corrected chi connectivity index (χ4v) is 7.69. The molecule has 4 nitrogen and oxygen atoms in total. The first-order valence-corrected chi connectivity index (χ1v) is 11.4. The second-order valence-electron chi connectivity index (χ2n) is 10.4. The maximum atomic E-state index is 13.6. The van der Waals surface area contributed by atoms with E-state index in [1.165, 1.54) is 31.4 Å². The highest BCUT2D eigenvalue weighted by molar-refractivity contribution is 5.83. The molecular weight excluding hydrogens is 365 g/mol. The Labute approximate surface area is 171 Å². The standard InChI is InChI=1S/C24H30FN3O/c1-15-26-21-11-19(25)2-3-22(21)28(15)20-4-6-27(7-5-20)23(29)24-12-16-8-17(13-24)10-18(9-16)14-24/h2-3,11,16-18,20H,4-10,12-14H2,1H3. The highest BCUT2D eigenvalue weighted by Crippen LogP contribution is 2.60. The van der Waals surface area contributed by atoms with Crippen LogP contribution in [0.4, 0.5) is 4.39 Å². The summed E-state index contributed by atoms with van der Waals surface area (Å²) < 4.78 is 15.8. The number of halogens is 1. The molecule has 4 aliphatic carbocycles. The summed E-state index contributed by atoms with van der Waals surface area (Å²) in [5.74, 6) is 3.59. The van der Waals surface area contributed by atoms with Crippen molar-refractivity contribution in [3.8, 4) is 0 Å². The minimum atomic E-state index is -0.238. The van der Waals surface area contributed by atoms with Gasteiger partial charge in [-0.05, 0) is 88.2 Å². The van der Waals surface area contributed by atoms with Crippen LogP contribution in [0.2, 0.25) is 0 Å². The number of piperidine rings is 1. The topological polar surface area (TPSA) is 38.1 Å². The largest absolute Gasteiger partial charge is 0.342 e. The van der Waals surface area contributed by atoms with Gasteiger partial charge in [0.25, 0.3) is 0 Å². The van der Waals surface area contributed by atoms with Crippen molar-refractivity contribution < 1.29 is 9.18 Å². The summed E-state index contributed by atoms with van der Waals surface area (Å²) in [5.41, 5.74) is 1.71. The van der Waals surface area contributed by atoms with E-state index in [-0.39, 0.29) is 11.2 Å². The number of amides is 1. The Morgan fingerprint density at radius 1 is 1.07 bits per heavy atom. The molecule has 2 aromatic rings. The molecule has 5 fully saturated rings. The van der Waals surface area contributed by atoms with E-state index >= 15 is 0 Å². The molecule has 7 rings (SSSR count). The van der Waals surface area contributed by atoms with Crippen LogP contribution in [0, 0.1) is 35.9 Å². The number of nitrogens with zero attached hydrogens (tertiary/aromatic N) is 3. The number of carbonyl (C=O) groups excluding carboxylic acids is 1. The van der Waals surface area contributed by atoms with Crippen LogP contribution in [0.25, 0.3) is 11.0 Å². The molecule has 4 saturated carbocycles. The van der Waals surface area contributed by atoms with Crippen LogP contribution in [-0.2, 0) is 4.79 Å². The number of aromatic nitrogens is 2. The van der Waals surface area contributed by atoms with Gasteiger partial charge < -0.3 is 9.47 Å². The van der Waals surface area contributed by atoms with Crippen LogP contribution in [0.5, 0.6) is 0 Å². The quantitative estimate of drug-likeness (QED) is 0.728. The Morgan fingerprint density at radius 2 is 1.69 bits per heavy atom. The molecule has 154 valence electrons. The number of hydrogen-bond donors (Lipinski definition) is 0. The van der Waals surface area contributed by atoms with Gasteiger partial charge in [0.1, 0.15) is 11.6 Å². The molecule has 0 N–H and O–H groups in total. The third kappa shape index (κ3) is 2.76. The highest BCUT2D eigenvalue weighted by Gasteiger charge is 2.55. The summed E-state index contributed by atoms with van der Waals surface area (Å²) >= 11 is 0. The van der Waals surface area contributed by atoms with Crippen LogP contribution < -0.4 is 0 Å². The van der Waals surface area contributed by atoms with Gasteiger partial charge in [-0.15, -0.1) is 0 Å². The number of carbonyl (C=O) groups is 1. The van der Waals surface area contributed by atoms with Crippen LogP contribution in [0.15, 0.2) is 18.2 Å². The summed E-state index contributed by atoms with van der Waals surface area (Å²) in [6.07, 6.45) is 9.49. The van der Waals surface area contributed by atoms with Gasteiger partial charge in [-0.1, -0.05) is 0 Å². The molecule has 29 heavy (non-hydrogen) atoms. The zero-order valence-electron chi connectivity index (χ0n) is 17.2. The van der Waals surface area contributed by atoms with Gasteiger partial charge >= 0.3 is 0 Å². The molecule has 1 aromatic heterocycles. The van der Waals surface area contributed by atoms with Crippen molar-refractivity contribution in [2.45, 2.75) is 64.3 Å². The smallest absolute Gasteiger partial charge is 0.228 e. The SMILES string of the molecule is Cc1nc2cc(F)ccc2n1C1CCN(C(=O)C23CC4CC(CC(C4)C2)C3)CC1. The molecule has 5 aliphatic rings. The van der Waals surface area contributed by atoms with Crippen LogP contribution in [0.1, 0.15) is 63.2 Å². The Balaban J connectivity index is 1.20. The summed E-state index contributed by atoms with van der Waals surface area (Å²) in [7, 11) is 0. The van der Waals surface area contributed by atoms with Crippen molar-refractivity contribution in [2.75, 3.05) is 13.1 Å². The molecule has 4 bridgehead atoms. The molecule has 5 heteroatoms. The Morgan fingerprint density at radius 3 is 2.31 bits per heavy atom. The summed E-state index contributed by atoms with van der Waals surface area (Å²) in [5, 5.41) is 0. The molecule has 0 radical (unpaired) electrons. The Bertz CT molecular complexity index is 937. The van der Waals surface area contributed by atoms with Gasteiger partial charge in [-0.3, -0.25) is 4.79 Å². The van der Waals surface area contributed by atoms with E-state index in [0.717, 1.165) is 79.8 Å². The predicted molar refractivity (Wildman–Crippen MR) is 110 cm³/mol. The van der Waals surface area contributed by atoms with Crippen molar-refractivity contribution in [1.29, 1.82) is 0 Å². The van der Waals surface area contributed by atoms with Crippen molar-refractivity contribution >= 4 is 16.9 Å². The maximum Gasteiger partial charge on any atom is 0.228 e. The lowest BCUT2D eigenvalue weighted by Gasteiger charge is -2.57. The number of imidazole rings is 1. The molecule has 0 unspecified atom stereocenters. The Kier molecular flexibility index (Phi) is 3.89. The van der Waals surface area contributed by atoms with E-state index in [4.69, 9.17) is 0 Å². The van der Waals surface area contributed by atoms with Gasteiger partial charge in [-0.25, -0.2) is 9.37 Å². The van der Waals surface area contributed by atoms with Gasteiger partial charge in [-0.2, -0.15) is 0 Å². The number of hydrogen-bond acceptors (Lipinski definition) is 2. The molecule has 1 aromatic carbocycles. The Hall–Kier alpha value is -1.91. The zero-order chi connectivity index (χ0) is 19.8. The predicted octanol–water partition coefficient (Wildman–Crippen LogP) is 4.86. The van der Waals surface area contributed by atoms with Gasteiger partial charge in [0.15, 0.2) is 0 Å². The maximum absolute atomic E-state index is 13.6. The van der Waals surface area contributed by atoms with E-state index < -0.39 is 0 Å². The van der Waals surface area contributed by atoms with Crippen LogP contribution in [-0.4, -0.2) is 33.4 Å². The first kappa shape index (κ1) is 17.9. The lowest BCUT2D eigenvalue weighted by Crippen LogP contribution is -2.55. The first-order valence-electron chi connectivity index (χ1n) is 11.4. The summed E-state index contributed by atoms with van der Waals surface area (Å²) in [4.78, 5) is 20.4. The molecule has 1 aliphatic heterocycles. The summed E-state index contributed by atoms with van der Waals surface area (Å²) in [6, 6.07) is 5.22. The minimum absolute atomic E-state index is 0.0310. The van der Waals surface area contributed by atoms with E-state index in [9.17, 15) is 9.18 Å². The average molecular weight is 396 g/mol. The normalized spacial score (nSPS) is 34.3. The molecule has 1 saturated heterocycles. The number of rotatable bonds is 2. The first-order chi connectivity index (χ1) is 14.0. The number of likely N-dealkylation sites (tertiary alicyclic amines) is 1. The highest BCUT2D eigenvalue weighted by atomic mass is 19.1. The lowest BCUT2D eigenvalue weighted by atomic mass is 9.49. The molecular formula is C24H30FN3O. The third-order valence-electron chi connectivity index (χ3n) is 8.44. The van der Waals surface area contributed by atoms with Crippen LogP contribution >= 0.6 is 0 Å². The summed E-state index contributed by atoms with van der Waals surface area (Å²) in [6.45, 7) is 3.68. The third-order valence-corrected chi connectivity index (χ3v) is 8.44. The molecule has 2 heterocycles. The minimum Gasteiger partial charge on any atom is -0.342 e. The number of aryl methyl sites for hydroxylation is 1. The lowest BCUT2D eigenvalue weighted by molar-refractivity contribution is -0.159. The second-order valence-corrected chi connectivity index (χ2v) is 10.4. The average Bonchev–Trinajstić information content (AvgIpc) is 3.01. The van der Waals surface area contributed by atoms with Gasteiger partial charge in [0.05, 0.1) is 16.4 Å². The fraction of sp³-hybridized carbons (Fsp3) is 0.667. The molecule has 1 amide bonds. The van der Waals surface area contributed by atoms with E-state index in [2.05, 4.69) is 14.5 Å². The van der Waals surface area contributed by atoms with E-state index in [1.807, 2.05) is 13.0 Å². The second kappa shape index (κ2) is 6.29. The van der Waals surface area contributed by atoms with E-state index in [1.54, 1.807) is 0 Å². The van der Waals surface area contributed by atoms with Crippen molar-refractivity contribution in [3.05, 3.63) is 29.8 Å². The number of benzene rings is 1.